The third-order valence-electron chi connectivity index (χ3n) is 3.31. The first-order valence-electron chi connectivity index (χ1n) is 7.09. The Hall–Kier alpha value is -0.610. The highest BCUT2D eigenvalue weighted by molar-refractivity contribution is 6.37. The molecule has 3 nitrogen and oxygen atoms in total. The molecule has 0 aliphatic rings. The van der Waals surface area contributed by atoms with Gasteiger partial charge in [0.15, 0.2) is 5.78 Å². The Morgan fingerprint density at radius 3 is 2.48 bits per heavy atom. The largest absolute Gasteiger partial charge is 0.383 e. The van der Waals surface area contributed by atoms with Crippen LogP contribution in [0.4, 0.5) is 0 Å². The second-order valence-electron chi connectivity index (χ2n) is 5.55. The zero-order valence-corrected chi connectivity index (χ0v) is 14.5. The zero-order valence-electron chi connectivity index (χ0n) is 13.0. The number of benzene rings is 1. The van der Waals surface area contributed by atoms with Crippen molar-refractivity contribution in [3.63, 3.8) is 0 Å². The first-order chi connectivity index (χ1) is 9.86. The number of carbonyl (C=O) groups is 1. The van der Waals surface area contributed by atoms with Crippen molar-refractivity contribution < 1.29 is 9.53 Å². The third kappa shape index (κ3) is 5.59. The summed E-state index contributed by atoms with van der Waals surface area (Å²) in [6.07, 6.45) is 0. The van der Waals surface area contributed by atoms with Crippen molar-refractivity contribution in [1.82, 2.24) is 4.90 Å². The van der Waals surface area contributed by atoms with Gasteiger partial charge < -0.3 is 4.74 Å². The number of halogens is 2. The Morgan fingerprint density at radius 2 is 1.95 bits per heavy atom. The molecule has 21 heavy (non-hydrogen) atoms. The van der Waals surface area contributed by atoms with Gasteiger partial charge in [0, 0.05) is 30.8 Å². The zero-order chi connectivity index (χ0) is 16.0. The van der Waals surface area contributed by atoms with Crippen LogP contribution in [0.3, 0.4) is 0 Å². The molecule has 0 amide bonds. The summed E-state index contributed by atoms with van der Waals surface area (Å²) < 4.78 is 5.13. The highest BCUT2D eigenvalue weighted by atomic mass is 35.5. The fraction of sp³-hybridized carbons (Fsp3) is 0.562. The Bertz CT molecular complexity index is 477. The van der Waals surface area contributed by atoms with Gasteiger partial charge in [0.1, 0.15) is 0 Å². The summed E-state index contributed by atoms with van der Waals surface area (Å²) in [5.74, 6) is 0.478. The van der Waals surface area contributed by atoms with E-state index >= 15 is 0 Å². The van der Waals surface area contributed by atoms with Crippen LogP contribution in [0.15, 0.2) is 18.2 Å². The van der Waals surface area contributed by atoms with Crippen molar-refractivity contribution in [2.24, 2.45) is 5.92 Å². The summed E-state index contributed by atoms with van der Waals surface area (Å²) in [5, 5.41) is 0.929. The number of carbonyl (C=O) groups excluding carboxylic acids is 1. The van der Waals surface area contributed by atoms with Gasteiger partial charge in [0.05, 0.1) is 17.7 Å². The molecule has 0 radical (unpaired) electrons. The lowest BCUT2D eigenvalue weighted by atomic mass is 10.0. The van der Waals surface area contributed by atoms with E-state index in [0.717, 1.165) is 6.54 Å². The van der Waals surface area contributed by atoms with Crippen LogP contribution in [0, 0.1) is 5.92 Å². The van der Waals surface area contributed by atoms with Crippen LogP contribution in [-0.2, 0) is 4.74 Å². The van der Waals surface area contributed by atoms with Gasteiger partial charge in [-0.15, -0.1) is 0 Å². The summed E-state index contributed by atoms with van der Waals surface area (Å²) >= 11 is 12.0. The third-order valence-corrected chi connectivity index (χ3v) is 3.85. The molecule has 0 aliphatic heterocycles. The summed E-state index contributed by atoms with van der Waals surface area (Å²) in [5.41, 5.74) is 0.514. The molecular weight excluding hydrogens is 309 g/mol. The SMILES string of the molecule is COCCN(CC(C)C)C(C)C(=O)c1ccc(Cl)cc1Cl. The molecule has 0 heterocycles. The minimum absolute atomic E-state index is 0.00780. The van der Waals surface area contributed by atoms with E-state index in [1.54, 1.807) is 25.3 Å². The molecule has 118 valence electrons. The number of hydrogen-bond acceptors (Lipinski definition) is 3. The average molecular weight is 332 g/mol. The molecular formula is C16H23Cl2NO2. The van der Waals surface area contributed by atoms with E-state index in [0.29, 0.717) is 34.7 Å². The van der Waals surface area contributed by atoms with Crippen molar-refractivity contribution >= 4 is 29.0 Å². The molecule has 5 heteroatoms. The monoisotopic (exact) mass is 331 g/mol. The molecule has 0 bridgehead atoms. The van der Waals surface area contributed by atoms with Crippen molar-refractivity contribution in [2.75, 3.05) is 26.8 Å². The van der Waals surface area contributed by atoms with E-state index < -0.39 is 0 Å². The van der Waals surface area contributed by atoms with Crippen LogP contribution in [0.5, 0.6) is 0 Å². The van der Waals surface area contributed by atoms with Crippen LogP contribution < -0.4 is 0 Å². The lowest BCUT2D eigenvalue weighted by Crippen LogP contribution is -2.43. The van der Waals surface area contributed by atoms with Crippen LogP contribution in [0.2, 0.25) is 10.0 Å². The standard InChI is InChI=1S/C16H23Cl2NO2/c1-11(2)10-19(7-8-21-4)12(3)16(20)14-6-5-13(17)9-15(14)18/h5-6,9,11-12H,7-8,10H2,1-4H3. The van der Waals surface area contributed by atoms with Gasteiger partial charge in [-0.3, -0.25) is 9.69 Å². The number of ketones is 1. The fourth-order valence-corrected chi connectivity index (χ4v) is 2.70. The molecule has 0 aromatic heterocycles. The second-order valence-corrected chi connectivity index (χ2v) is 6.39. The van der Waals surface area contributed by atoms with Crippen molar-refractivity contribution in [2.45, 2.75) is 26.8 Å². The van der Waals surface area contributed by atoms with Gasteiger partial charge >= 0.3 is 0 Å². The predicted molar refractivity (Wildman–Crippen MR) is 88.5 cm³/mol. The van der Waals surface area contributed by atoms with Gasteiger partial charge in [-0.2, -0.15) is 0 Å². The van der Waals surface area contributed by atoms with Gasteiger partial charge in [-0.1, -0.05) is 37.0 Å². The molecule has 1 unspecified atom stereocenters. The van der Waals surface area contributed by atoms with E-state index in [1.165, 1.54) is 0 Å². The Morgan fingerprint density at radius 1 is 1.29 bits per heavy atom. The summed E-state index contributed by atoms with van der Waals surface area (Å²) in [6.45, 7) is 8.32. The van der Waals surface area contributed by atoms with Gasteiger partial charge in [0.2, 0.25) is 0 Å². The van der Waals surface area contributed by atoms with Crippen LogP contribution in [0.1, 0.15) is 31.1 Å². The van der Waals surface area contributed by atoms with E-state index in [9.17, 15) is 4.79 Å². The lowest BCUT2D eigenvalue weighted by Gasteiger charge is -2.29. The molecule has 0 spiro atoms. The van der Waals surface area contributed by atoms with Gasteiger partial charge in [-0.05, 0) is 31.0 Å². The maximum Gasteiger partial charge on any atom is 0.181 e. The molecule has 0 N–H and O–H groups in total. The van der Waals surface area contributed by atoms with Crippen molar-refractivity contribution in [3.05, 3.63) is 33.8 Å². The first-order valence-corrected chi connectivity index (χ1v) is 7.84. The van der Waals surface area contributed by atoms with E-state index in [4.69, 9.17) is 27.9 Å². The molecule has 1 atom stereocenters. The van der Waals surface area contributed by atoms with E-state index in [-0.39, 0.29) is 11.8 Å². The van der Waals surface area contributed by atoms with Crippen molar-refractivity contribution in [3.8, 4) is 0 Å². The predicted octanol–water partition coefficient (Wildman–Crippen LogP) is 4.17. The van der Waals surface area contributed by atoms with Gasteiger partial charge in [0.25, 0.3) is 0 Å². The molecule has 1 rings (SSSR count). The number of nitrogens with zero attached hydrogens (tertiary/aromatic N) is 1. The Balaban J connectivity index is 2.90. The number of rotatable bonds is 8. The van der Waals surface area contributed by atoms with Crippen LogP contribution in [0.25, 0.3) is 0 Å². The second kappa shape index (κ2) is 8.74. The first kappa shape index (κ1) is 18.4. The maximum absolute atomic E-state index is 12.7. The number of methoxy groups -OCH3 is 1. The molecule has 1 aromatic rings. The molecule has 1 aromatic carbocycles. The number of Topliss-reactive ketones (excluding diaryl/α,β-unsaturated/α-hetero) is 1. The lowest BCUT2D eigenvalue weighted by molar-refractivity contribution is 0.0750. The number of ether oxygens (including phenoxy) is 1. The fourth-order valence-electron chi connectivity index (χ4n) is 2.20. The number of hydrogen-bond donors (Lipinski definition) is 0. The summed E-state index contributed by atoms with van der Waals surface area (Å²) in [7, 11) is 1.66. The minimum atomic E-state index is -0.249. The molecule has 0 saturated heterocycles. The Labute approximate surface area is 137 Å². The molecule has 0 aliphatic carbocycles. The van der Waals surface area contributed by atoms with Crippen molar-refractivity contribution in [1.29, 1.82) is 0 Å². The van der Waals surface area contributed by atoms with Gasteiger partial charge in [-0.25, -0.2) is 0 Å². The minimum Gasteiger partial charge on any atom is -0.383 e. The molecule has 0 fully saturated rings. The normalized spacial score (nSPS) is 13.0. The topological polar surface area (TPSA) is 29.5 Å². The maximum atomic E-state index is 12.7. The average Bonchev–Trinajstić information content (AvgIpc) is 2.41. The summed E-state index contributed by atoms with van der Waals surface area (Å²) in [4.78, 5) is 14.8. The highest BCUT2D eigenvalue weighted by Gasteiger charge is 2.24. The smallest absolute Gasteiger partial charge is 0.181 e. The summed E-state index contributed by atoms with van der Waals surface area (Å²) in [6, 6.07) is 4.73. The Kier molecular flexibility index (Phi) is 7.67. The van der Waals surface area contributed by atoms with E-state index in [2.05, 4.69) is 18.7 Å². The van der Waals surface area contributed by atoms with Crippen LogP contribution in [-0.4, -0.2) is 43.5 Å². The quantitative estimate of drug-likeness (QED) is 0.669. The molecule has 0 saturated carbocycles. The van der Waals surface area contributed by atoms with Crippen LogP contribution >= 0.6 is 23.2 Å². The van der Waals surface area contributed by atoms with E-state index in [1.807, 2.05) is 6.92 Å². The highest BCUT2D eigenvalue weighted by Crippen LogP contribution is 2.23.